The predicted molar refractivity (Wildman–Crippen MR) is 145 cm³/mol. The molecule has 0 spiro atoms. The molecule has 0 bridgehead atoms. The van der Waals surface area contributed by atoms with E-state index in [1.54, 1.807) is 20.8 Å². The Balaban J connectivity index is 2.32. The molecule has 0 aliphatic carbocycles. The summed E-state index contributed by atoms with van der Waals surface area (Å²) in [5.41, 5.74) is 0. The summed E-state index contributed by atoms with van der Waals surface area (Å²) in [6, 6.07) is -3.56. The summed E-state index contributed by atoms with van der Waals surface area (Å²) in [4.78, 5) is 41.1. The standard InChI is InChI=1S/C27H46N4O9/c1-5-9-10-11-30-12-17(29-22(35)8-4)26(25(38)18(30)14-32)40-20(6-2)27(39)31-13-16(28-21(34)7-3)23(36)24(37)19(31)15-33/h1,16-20,23-26,32-33,36-38H,6-15H2,2-4H3,(H,28,34)(H,29,35)/t16-,17-,18+,19+,20?,23+,24+,25+,26+/m0/s1. The summed E-state index contributed by atoms with van der Waals surface area (Å²) >= 11 is 0. The van der Waals surface area contributed by atoms with Crippen molar-refractivity contribution in [3.8, 4) is 12.3 Å². The number of unbranched alkanes of at least 4 members (excludes halogenated alkanes) is 1. The average molecular weight is 571 g/mol. The smallest absolute Gasteiger partial charge is 0.252 e. The zero-order valence-corrected chi connectivity index (χ0v) is 23.6. The average Bonchev–Trinajstić information content (AvgIpc) is 2.94. The molecule has 228 valence electrons. The molecule has 2 aliphatic heterocycles. The molecule has 7 N–H and O–H groups in total. The number of ether oxygens (including phenoxy) is 1. The zero-order chi connectivity index (χ0) is 30.0. The van der Waals surface area contributed by atoms with Crippen LogP contribution in [0.2, 0.25) is 0 Å². The van der Waals surface area contributed by atoms with E-state index < -0.39 is 73.8 Å². The Bertz CT molecular complexity index is 885. The Kier molecular flexibility index (Phi) is 13.7. The topological polar surface area (TPSA) is 192 Å². The molecule has 2 aliphatic rings. The van der Waals surface area contributed by atoms with Crippen LogP contribution in [0.15, 0.2) is 0 Å². The van der Waals surface area contributed by atoms with E-state index in [0.717, 1.165) is 0 Å². The van der Waals surface area contributed by atoms with Gasteiger partial charge in [0.05, 0.1) is 43.5 Å². The van der Waals surface area contributed by atoms with Gasteiger partial charge in [-0.05, 0) is 19.4 Å². The number of likely N-dealkylation sites (tertiary alicyclic amines) is 2. The number of piperidine rings is 2. The van der Waals surface area contributed by atoms with Crippen LogP contribution in [0.25, 0.3) is 0 Å². The van der Waals surface area contributed by atoms with Gasteiger partial charge in [0.2, 0.25) is 11.8 Å². The molecule has 0 aromatic heterocycles. The molecule has 2 fully saturated rings. The van der Waals surface area contributed by atoms with Gasteiger partial charge in [0, 0.05) is 32.4 Å². The van der Waals surface area contributed by atoms with Crippen LogP contribution >= 0.6 is 0 Å². The molecule has 3 amide bonds. The molecular formula is C27H46N4O9. The second-order valence-corrected chi connectivity index (χ2v) is 10.3. The Hall–Kier alpha value is -2.31. The van der Waals surface area contributed by atoms with Gasteiger partial charge in [-0.15, -0.1) is 12.3 Å². The molecule has 2 heterocycles. The number of amides is 3. The number of nitrogens with one attached hydrogen (secondary N) is 2. The number of terminal acetylenes is 1. The number of nitrogens with zero attached hydrogens (tertiary/aromatic N) is 2. The summed E-state index contributed by atoms with van der Waals surface area (Å²) in [7, 11) is 0. The van der Waals surface area contributed by atoms with Gasteiger partial charge in [0.25, 0.3) is 5.91 Å². The fourth-order valence-electron chi connectivity index (χ4n) is 5.35. The number of aliphatic hydroxyl groups excluding tert-OH is 5. The second kappa shape index (κ2) is 16.2. The summed E-state index contributed by atoms with van der Waals surface area (Å²) in [5, 5.41) is 58.0. The van der Waals surface area contributed by atoms with Crippen molar-refractivity contribution in [3.05, 3.63) is 0 Å². The molecule has 0 aromatic carbocycles. The van der Waals surface area contributed by atoms with E-state index in [1.807, 2.05) is 4.90 Å². The molecule has 13 nitrogen and oxygen atoms in total. The predicted octanol–water partition coefficient (Wildman–Crippen LogP) is -2.68. The largest absolute Gasteiger partial charge is 0.395 e. The first-order chi connectivity index (χ1) is 19.1. The van der Waals surface area contributed by atoms with Crippen LogP contribution in [0, 0.1) is 12.3 Å². The molecule has 2 rings (SSSR count). The highest BCUT2D eigenvalue weighted by Gasteiger charge is 2.48. The lowest BCUT2D eigenvalue weighted by Gasteiger charge is -2.48. The Labute approximate surface area is 235 Å². The van der Waals surface area contributed by atoms with Crippen LogP contribution in [0.3, 0.4) is 0 Å². The SMILES string of the molecule is C#CCCCN1C[C@H](NC(=O)CC)[C@@H](OC(CC)C(=O)N2C[C@H](NC(=O)CC)[C@@H](O)[C@H](O)[C@H]2CO)[C@H](O)[C@H]1CO. The van der Waals surface area contributed by atoms with Crippen molar-refractivity contribution < 1.29 is 44.7 Å². The van der Waals surface area contributed by atoms with Crippen molar-refractivity contribution in [1.82, 2.24) is 20.4 Å². The third-order valence-corrected chi connectivity index (χ3v) is 7.70. The number of hydrogen-bond donors (Lipinski definition) is 7. The third-order valence-electron chi connectivity index (χ3n) is 7.70. The van der Waals surface area contributed by atoms with Gasteiger partial charge < -0.3 is 45.8 Å². The number of aliphatic hydroxyl groups is 5. The molecule has 0 radical (unpaired) electrons. The van der Waals surface area contributed by atoms with E-state index in [1.165, 1.54) is 4.90 Å². The highest BCUT2D eigenvalue weighted by Crippen LogP contribution is 2.26. The van der Waals surface area contributed by atoms with Crippen molar-refractivity contribution >= 4 is 17.7 Å². The number of carbonyl (C=O) groups excluding carboxylic acids is 3. The second-order valence-electron chi connectivity index (χ2n) is 10.3. The minimum Gasteiger partial charge on any atom is -0.395 e. The van der Waals surface area contributed by atoms with Crippen LogP contribution in [-0.4, -0.2) is 141 Å². The highest BCUT2D eigenvalue weighted by atomic mass is 16.5. The van der Waals surface area contributed by atoms with E-state index in [0.29, 0.717) is 19.4 Å². The summed E-state index contributed by atoms with van der Waals surface area (Å²) in [6.07, 6.45) is 0.523. The van der Waals surface area contributed by atoms with E-state index in [4.69, 9.17) is 11.2 Å². The summed E-state index contributed by atoms with van der Waals surface area (Å²) < 4.78 is 6.19. The fraction of sp³-hybridized carbons (Fsp3) is 0.815. The van der Waals surface area contributed by atoms with Gasteiger partial charge in [-0.25, -0.2) is 0 Å². The van der Waals surface area contributed by atoms with Crippen molar-refractivity contribution in [2.45, 2.75) is 108 Å². The molecule has 2 saturated heterocycles. The van der Waals surface area contributed by atoms with Crippen molar-refractivity contribution in [2.75, 3.05) is 32.8 Å². The third kappa shape index (κ3) is 8.13. The summed E-state index contributed by atoms with van der Waals surface area (Å²) in [6.45, 7) is 4.50. The van der Waals surface area contributed by atoms with Crippen LogP contribution in [0.5, 0.6) is 0 Å². The lowest BCUT2D eigenvalue weighted by molar-refractivity contribution is -0.183. The van der Waals surface area contributed by atoms with Gasteiger partial charge in [-0.3, -0.25) is 19.3 Å². The first-order valence-corrected chi connectivity index (χ1v) is 14.1. The molecule has 13 heteroatoms. The lowest BCUT2D eigenvalue weighted by Crippen LogP contribution is -2.70. The monoisotopic (exact) mass is 570 g/mol. The van der Waals surface area contributed by atoms with Gasteiger partial charge >= 0.3 is 0 Å². The van der Waals surface area contributed by atoms with Crippen molar-refractivity contribution in [2.24, 2.45) is 0 Å². The number of rotatable bonds is 13. The maximum Gasteiger partial charge on any atom is 0.252 e. The zero-order valence-electron chi connectivity index (χ0n) is 23.6. The maximum absolute atomic E-state index is 13.7. The molecule has 0 saturated carbocycles. The Morgan fingerprint density at radius 2 is 1.52 bits per heavy atom. The number of hydrogen-bond acceptors (Lipinski definition) is 10. The van der Waals surface area contributed by atoms with E-state index >= 15 is 0 Å². The van der Waals surface area contributed by atoms with E-state index in [-0.39, 0.29) is 44.2 Å². The van der Waals surface area contributed by atoms with Crippen LogP contribution in [-0.2, 0) is 19.1 Å². The normalized spacial score (nSPS) is 31.7. The summed E-state index contributed by atoms with van der Waals surface area (Å²) in [5.74, 6) is 1.28. The molecule has 0 aromatic rings. The Morgan fingerprint density at radius 3 is 2.05 bits per heavy atom. The van der Waals surface area contributed by atoms with E-state index in [2.05, 4.69) is 16.6 Å². The number of carbonyl (C=O) groups is 3. The molecule has 40 heavy (non-hydrogen) atoms. The first-order valence-electron chi connectivity index (χ1n) is 14.1. The minimum absolute atomic E-state index is 0.133. The van der Waals surface area contributed by atoms with Gasteiger partial charge in [0.15, 0.2) is 0 Å². The first kappa shape index (κ1) is 33.9. The van der Waals surface area contributed by atoms with Gasteiger partial charge in [-0.1, -0.05) is 20.8 Å². The molecular weight excluding hydrogens is 524 g/mol. The van der Waals surface area contributed by atoms with Crippen LogP contribution in [0.1, 0.15) is 52.9 Å². The Morgan fingerprint density at radius 1 is 0.925 bits per heavy atom. The molecule has 1 unspecified atom stereocenters. The van der Waals surface area contributed by atoms with Crippen LogP contribution < -0.4 is 10.6 Å². The van der Waals surface area contributed by atoms with E-state index in [9.17, 15) is 39.9 Å². The lowest BCUT2D eigenvalue weighted by atomic mass is 9.90. The molecule has 9 atom stereocenters. The fourth-order valence-corrected chi connectivity index (χ4v) is 5.35. The van der Waals surface area contributed by atoms with Gasteiger partial charge in [0.1, 0.15) is 24.4 Å². The minimum atomic E-state index is -1.53. The van der Waals surface area contributed by atoms with Gasteiger partial charge in [-0.2, -0.15) is 0 Å². The van der Waals surface area contributed by atoms with Crippen LogP contribution in [0.4, 0.5) is 0 Å². The van der Waals surface area contributed by atoms with Crippen molar-refractivity contribution in [1.29, 1.82) is 0 Å². The highest BCUT2D eigenvalue weighted by molar-refractivity contribution is 5.82. The van der Waals surface area contributed by atoms with Crippen molar-refractivity contribution in [3.63, 3.8) is 0 Å². The maximum atomic E-state index is 13.7. The quantitative estimate of drug-likeness (QED) is 0.0906.